The molecule has 1 saturated heterocycles. The van der Waals surface area contributed by atoms with Crippen LogP contribution >= 0.6 is 0 Å². The highest BCUT2D eigenvalue weighted by Gasteiger charge is 2.75. The average Bonchev–Trinajstić information content (AvgIpc) is 3.21. The van der Waals surface area contributed by atoms with Crippen molar-refractivity contribution in [2.45, 2.75) is 103 Å². The van der Waals surface area contributed by atoms with Gasteiger partial charge in [-0.2, -0.15) is 0 Å². The molecule has 4 aliphatic rings. The minimum absolute atomic E-state index is 0.0861. The Labute approximate surface area is 344 Å². The normalized spacial score (nSPS) is 33.0. The molecule has 3 aromatic carbocycles. The first-order chi connectivity index (χ1) is 27.9. The lowest BCUT2D eigenvalue weighted by Crippen LogP contribution is -2.77. The molecule has 3 N–H and O–H groups in total. The van der Waals surface area contributed by atoms with Gasteiger partial charge in [0.1, 0.15) is 17.8 Å². The summed E-state index contributed by atoms with van der Waals surface area (Å²) >= 11 is 0. The molecule has 1 heterocycles. The number of esters is 3. The van der Waals surface area contributed by atoms with Crippen molar-refractivity contribution < 1.29 is 53.1 Å². The molecule has 0 unspecified atom stereocenters. The Balaban J connectivity index is 1.36. The van der Waals surface area contributed by atoms with Gasteiger partial charge < -0.3 is 34.5 Å². The Bertz CT molecular complexity index is 2160. The zero-order valence-corrected chi connectivity index (χ0v) is 34.5. The zero-order chi connectivity index (χ0) is 42.7. The number of ketones is 1. The predicted octanol–water partition coefficient (Wildman–Crippen LogP) is 5.72. The third kappa shape index (κ3) is 6.88. The molecule has 12 heteroatoms. The van der Waals surface area contributed by atoms with E-state index in [1.54, 1.807) is 120 Å². The van der Waals surface area contributed by atoms with Gasteiger partial charge in [-0.05, 0) is 61.7 Å². The Morgan fingerprint density at radius 1 is 0.847 bits per heavy atom. The Hall–Kier alpha value is -5.17. The van der Waals surface area contributed by atoms with E-state index in [0.29, 0.717) is 16.7 Å². The van der Waals surface area contributed by atoms with Gasteiger partial charge in [0.2, 0.25) is 0 Å². The fourth-order valence-corrected chi connectivity index (χ4v) is 10.4. The molecule has 7 rings (SSSR count). The fraction of sp³-hybridized carbons (Fsp3) is 0.468. The van der Waals surface area contributed by atoms with Gasteiger partial charge in [-0.25, -0.2) is 4.79 Å². The molecule has 11 atom stereocenters. The van der Waals surface area contributed by atoms with Crippen LogP contribution < -0.4 is 5.32 Å². The van der Waals surface area contributed by atoms with E-state index < -0.39 is 99.8 Å². The van der Waals surface area contributed by atoms with Crippen molar-refractivity contribution in [1.82, 2.24) is 5.32 Å². The lowest BCUT2D eigenvalue weighted by molar-refractivity contribution is -0.313. The summed E-state index contributed by atoms with van der Waals surface area (Å²) < 4.78 is 24.8. The van der Waals surface area contributed by atoms with Gasteiger partial charge in [-0.3, -0.25) is 19.2 Å². The molecular weight excluding hydrogens is 755 g/mol. The summed E-state index contributed by atoms with van der Waals surface area (Å²) in [6.07, 6.45) is -6.40. The summed E-state index contributed by atoms with van der Waals surface area (Å²) in [4.78, 5) is 70.5. The van der Waals surface area contributed by atoms with Crippen LogP contribution in [0.5, 0.6) is 0 Å². The van der Waals surface area contributed by atoms with Gasteiger partial charge in [0, 0.05) is 42.1 Å². The van der Waals surface area contributed by atoms with Crippen LogP contribution in [-0.4, -0.2) is 82.5 Å². The predicted molar refractivity (Wildman–Crippen MR) is 214 cm³/mol. The third-order valence-electron chi connectivity index (χ3n) is 13.9. The second kappa shape index (κ2) is 15.5. The summed E-state index contributed by atoms with van der Waals surface area (Å²) in [6.45, 7) is 11.5. The first-order valence-corrected chi connectivity index (χ1v) is 20.2. The number of amides is 1. The van der Waals surface area contributed by atoms with E-state index in [2.05, 4.69) is 5.32 Å². The van der Waals surface area contributed by atoms with E-state index in [9.17, 15) is 29.4 Å². The average molecular weight is 808 g/mol. The van der Waals surface area contributed by atoms with E-state index in [-0.39, 0.29) is 30.6 Å². The highest BCUT2D eigenvalue weighted by Crippen LogP contribution is 2.66. The first-order valence-electron chi connectivity index (χ1n) is 20.2. The number of benzene rings is 3. The van der Waals surface area contributed by atoms with E-state index in [1.165, 1.54) is 6.92 Å². The number of carbonyl (C=O) groups is 5. The molecule has 1 aliphatic heterocycles. The van der Waals surface area contributed by atoms with Crippen LogP contribution in [-0.2, 0) is 33.3 Å². The monoisotopic (exact) mass is 807 g/mol. The summed E-state index contributed by atoms with van der Waals surface area (Å²) in [5, 5.41) is 28.6. The molecule has 59 heavy (non-hydrogen) atoms. The Morgan fingerprint density at radius 3 is 1.98 bits per heavy atom. The summed E-state index contributed by atoms with van der Waals surface area (Å²) in [6, 6.07) is 25.1. The van der Waals surface area contributed by atoms with Crippen molar-refractivity contribution in [3.05, 3.63) is 119 Å². The summed E-state index contributed by atoms with van der Waals surface area (Å²) in [7, 11) is 0. The van der Waals surface area contributed by atoms with Crippen LogP contribution in [0, 0.1) is 28.1 Å². The summed E-state index contributed by atoms with van der Waals surface area (Å²) in [5.41, 5.74) is -4.38. The maximum atomic E-state index is 15.4. The maximum Gasteiger partial charge on any atom is 0.338 e. The third-order valence-corrected chi connectivity index (χ3v) is 13.9. The van der Waals surface area contributed by atoms with E-state index in [0.717, 1.165) is 0 Å². The first kappa shape index (κ1) is 42.0. The number of carbonyl (C=O) groups excluding carboxylic acids is 5. The largest absolute Gasteiger partial charge is 0.457 e. The molecule has 0 spiro atoms. The number of aliphatic hydroxyl groups excluding tert-OH is 1. The van der Waals surface area contributed by atoms with Gasteiger partial charge >= 0.3 is 17.9 Å². The standard InChI is InChI=1S/C47H53NO11/c1-26-32(58-42(53)27(2)36(29-17-11-8-12-18-29)48-41(52)30-19-13-9-14-20-30)24-47(55)40(59-43(54)31-21-15-10-16-22-31)38-45(6)25-56-34(45)23-33(50)46(38,7)39(51)37(57-28(3)49)35(26)44(47,4)5/h8-22,27,32-34,36-38,40,50,55H,23-25H2,1-7H3,(H,48,52)/t27-,32+,33+,34-,36-,37-,38-,40+,45-,46-,47-/m1/s1. The minimum Gasteiger partial charge on any atom is -0.457 e. The van der Waals surface area contributed by atoms with Crippen molar-refractivity contribution >= 4 is 29.6 Å². The van der Waals surface area contributed by atoms with Crippen molar-refractivity contribution in [3.8, 4) is 0 Å². The zero-order valence-electron chi connectivity index (χ0n) is 34.5. The maximum absolute atomic E-state index is 15.4. The van der Waals surface area contributed by atoms with E-state index in [1.807, 2.05) is 13.0 Å². The number of ether oxygens (including phenoxy) is 4. The molecular formula is C47H53NO11. The number of fused-ring (bicyclic) bond motifs is 5. The molecule has 0 radical (unpaired) electrons. The van der Waals surface area contributed by atoms with Crippen LogP contribution in [0.1, 0.15) is 93.6 Å². The van der Waals surface area contributed by atoms with Crippen LogP contribution in [0.15, 0.2) is 102 Å². The lowest BCUT2D eigenvalue weighted by atomic mass is 9.42. The van der Waals surface area contributed by atoms with Crippen LogP contribution in [0.4, 0.5) is 0 Å². The number of hydrogen-bond donors (Lipinski definition) is 3. The SMILES string of the molecule is CC(=O)O[C@H]1C(=O)[C@@]2(C)[C@H]([C@H](OC(=O)c3ccccc3)[C@]3(O)C[C@H](OC(=O)[C@H](C)[C@@H](NC(=O)c4ccccc4)c4ccccc4)C(C)=C1C3(C)C)[C@]1(C)CO[C@@H]1C[C@@H]2O. The molecule has 1 amide bonds. The van der Waals surface area contributed by atoms with Crippen LogP contribution in [0.3, 0.4) is 0 Å². The van der Waals surface area contributed by atoms with Crippen LogP contribution in [0.2, 0.25) is 0 Å². The highest BCUT2D eigenvalue weighted by atomic mass is 16.6. The lowest BCUT2D eigenvalue weighted by Gasteiger charge is -2.68. The number of rotatable bonds is 9. The summed E-state index contributed by atoms with van der Waals surface area (Å²) in [5.74, 6) is -5.32. The number of Topliss-reactive ketones (excluding diaryl/α,β-unsaturated/α-hetero) is 1. The van der Waals surface area contributed by atoms with Gasteiger partial charge in [-0.15, -0.1) is 0 Å². The molecule has 0 aromatic heterocycles. The van der Waals surface area contributed by atoms with Gasteiger partial charge in [0.15, 0.2) is 11.9 Å². The second-order valence-corrected chi connectivity index (χ2v) is 17.7. The van der Waals surface area contributed by atoms with Gasteiger partial charge in [0.05, 0.1) is 41.8 Å². The quantitative estimate of drug-likeness (QED) is 0.137. The molecule has 312 valence electrons. The molecule has 2 bridgehead atoms. The van der Waals surface area contributed by atoms with E-state index in [4.69, 9.17) is 18.9 Å². The van der Waals surface area contributed by atoms with Crippen molar-refractivity contribution in [1.29, 1.82) is 0 Å². The minimum atomic E-state index is -2.11. The fourth-order valence-electron chi connectivity index (χ4n) is 10.4. The van der Waals surface area contributed by atoms with Crippen molar-refractivity contribution in [3.63, 3.8) is 0 Å². The topological polar surface area (TPSA) is 175 Å². The highest BCUT2D eigenvalue weighted by molar-refractivity contribution is 5.96. The van der Waals surface area contributed by atoms with E-state index >= 15 is 4.79 Å². The Kier molecular flexibility index (Phi) is 11.0. The number of nitrogens with one attached hydrogen (secondary N) is 1. The number of hydrogen-bond acceptors (Lipinski definition) is 11. The van der Waals surface area contributed by atoms with Gasteiger partial charge in [0.25, 0.3) is 5.91 Å². The second-order valence-electron chi connectivity index (χ2n) is 17.7. The molecule has 3 aliphatic carbocycles. The molecule has 3 aromatic rings. The molecule has 2 saturated carbocycles. The smallest absolute Gasteiger partial charge is 0.338 e. The van der Waals surface area contributed by atoms with Gasteiger partial charge in [-0.1, -0.05) is 87.5 Å². The Morgan fingerprint density at radius 2 is 1.42 bits per heavy atom. The van der Waals surface area contributed by atoms with Crippen LogP contribution in [0.25, 0.3) is 0 Å². The number of aliphatic hydroxyl groups is 2. The van der Waals surface area contributed by atoms with Crippen molar-refractivity contribution in [2.75, 3.05) is 6.61 Å². The molecule has 12 nitrogen and oxygen atoms in total. The molecule has 3 fully saturated rings. The van der Waals surface area contributed by atoms with Crippen molar-refractivity contribution in [2.24, 2.45) is 28.1 Å².